The van der Waals surface area contributed by atoms with Gasteiger partial charge in [-0.05, 0) is 38.1 Å². The Morgan fingerprint density at radius 1 is 1.35 bits per heavy atom. The molecule has 0 spiro atoms. The summed E-state index contributed by atoms with van der Waals surface area (Å²) in [5, 5.41) is 6.98. The van der Waals surface area contributed by atoms with Gasteiger partial charge in [0.2, 0.25) is 0 Å². The predicted molar refractivity (Wildman–Crippen MR) is 70.3 cm³/mol. The highest BCUT2D eigenvalue weighted by atomic mass is 19.1. The molecule has 1 N–H and O–H groups in total. The van der Waals surface area contributed by atoms with Crippen molar-refractivity contribution >= 4 is 11.7 Å². The van der Waals surface area contributed by atoms with Crippen LogP contribution in [-0.2, 0) is 9.63 Å². The second-order valence-electron chi connectivity index (χ2n) is 4.71. The van der Waals surface area contributed by atoms with E-state index in [2.05, 4.69) is 15.3 Å². The van der Waals surface area contributed by atoms with Gasteiger partial charge < -0.3 is 10.2 Å². The maximum absolute atomic E-state index is 13.9. The first-order valence-electron chi connectivity index (χ1n) is 6.49. The van der Waals surface area contributed by atoms with Crippen molar-refractivity contribution in [3.8, 4) is 0 Å². The van der Waals surface area contributed by atoms with Crippen molar-refractivity contribution in [3.63, 3.8) is 0 Å². The highest BCUT2D eigenvalue weighted by molar-refractivity contribution is 6.02. The summed E-state index contributed by atoms with van der Waals surface area (Å²) in [6, 6.07) is 3.30. The molecule has 0 amide bonds. The summed E-state index contributed by atoms with van der Waals surface area (Å²) < 4.78 is 26.9. The van der Waals surface area contributed by atoms with E-state index in [0.29, 0.717) is 5.71 Å². The molecule has 20 heavy (non-hydrogen) atoms. The molecular formula is C14H16F2N2O2. The summed E-state index contributed by atoms with van der Waals surface area (Å²) in [4.78, 5) is 15.6. The molecule has 6 heteroatoms. The van der Waals surface area contributed by atoms with Gasteiger partial charge in [0.1, 0.15) is 11.6 Å². The van der Waals surface area contributed by atoms with Crippen LogP contribution in [0.5, 0.6) is 0 Å². The number of carbonyl (C=O) groups is 1. The largest absolute Gasteiger partial charge is 0.331 e. The fourth-order valence-corrected chi connectivity index (χ4v) is 2.25. The van der Waals surface area contributed by atoms with Gasteiger partial charge in [-0.15, -0.1) is 0 Å². The zero-order valence-electron chi connectivity index (χ0n) is 11.2. The molecule has 0 unspecified atom stereocenters. The number of rotatable bonds is 3. The van der Waals surface area contributed by atoms with Crippen molar-refractivity contribution in [2.45, 2.75) is 19.8 Å². The molecule has 1 fully saturated rings. The molecule has 1 aliphatic heterocycles. The lowest BCUT2D eigenvalue weighted by Crippen LogP contribution is -2.32. The van der Waals surface area contributed by atoms with Gasteiger partial charge in [0, 0.05) is 24.5 Å². The summed E-state index contributed by atoms with van der Waals surface area (Å²) in [6.07, 6.45) is 1.52. The molecule has 0 radical (unpaired) electrons. The van der Waals surface area contributed by atoms with E-state index >= 15 is 0 Å². The van der Waals surface area contributed by atoms with Gasteiger partial charge in [0.05, 0.1) is 5.71 Å². The van der Waals surface area contributed by atoms with Crippen LogP contribution < -0.4 is 5.32 Å². The third kappa shape index (κ3) is 3.60. The minimum Gasteiger partial charge on any atom is -0.318 e. The fourth-order valence-electron chi connectivity index (χ4n) is 2.25. The summed E-state index contributed by atoms with van der Waals surface area (Å²) >= 11 is 0. The van der Waals surface area contributed by atoms with Gasteiger partial charge >= 0.3 is 5.97 Å². The van der Waals surface area contributed by atoms with Crippen molar-refractivity contribution in [1.82, 2.24) is 5.32 Å². The van der Waals surface area contributed by atoms with Gasteiger partial charge in [-0.1, -0.05) is 5.16 Å². The molecule has 1 aromatic rings. The topological polar surface area (TPSA) is 50.7 Å². The Bertz CT molecular complexity index is 526. The normalized spacial score (nSPS) is 17.1. The maximum Gasteiger partial charge on any atom is 0.331 e. The summed E-state index contributed by atoms with van der Waals surface area (Å²) in [7, 11) is 0. The van der Waals surface area contributed by atoms with E-state index in [-0.39, 0.29) is 11.5 Å². The molecule has 1 saturated heterocycles. The Labute approximate surface area is 115 Å². The van der Waals surface area contributed by atoms with Gasteiger partial charge in [0.25, 0.3) is 0 Å². The van der Waals surface area contributed by atoms with Crippen molar-refractivity contribution in [3.05, 3.63) is 35.4 Å². The highest BCUT2D eigenvalue weighted by Crippen LogP contribution is 2.22. The molecule has 2 rings (SSSR count). The molecule has 0 aliphatic carbocycles. The number of piperidine rings is 1. The first kappa shape index (κ1) is 14.6. The van der Waals surface area contributed by atoms with Crippen molar-refractivity contribution in [2.75, 3.05) is 13.1 Å². The van der Waals surface area contributed by atoms with Crippen LogP contribution in [0.4, 0.5) is 8.78 Å². The lowest BCUT2D eigenvalue weighted by molar-refractivity contribution is -0.140. The number of oxime groups is 1. The van der Waals surface area contributed by atoms with Crippen molar-refractivity contribution in [2.24, 2.45) is 11.1 Å². The number of nitrogens with zero attached hydrogens (tertiary/aromatic N) is 1. The van der Waals surface area contributed by atoms with E-state index in [4.69, 9.17) is 0 Å². The Hall–Kier alpha value is -1.82. The summed E-state index contributed by atoms with van der Waals surface area (Å²) in [5.74, 6) is -1.94. The van der Waals surface area contributed by atoms with Gasteiger partial charge in [-0.3, -0.25) is 0 Å². The zero-order chi connectivity index (χ0) is 14.5. The summed E-state index contributed by atoms with van der Waals surface area (Å²) in [6.45, 7) is 2.80. The van der Waals surface area contributed by atoms with E-state index < -0.39 is 17.6 Å². The SMILES string of the molecule is CC(=O)O/N=C(\c1ccc(F)cc1F)C1CCNCC1. The number of hydrogen-bond donors (Lipinski definition) is 1. The number of hydrogen-bond acceptors (Lipinski definition) is 4. The Morgan fingerprint density at radius 3 is 2.65 bits per heavy atom. The smallest absolute Gasteiger partial charge is 0.318 e. The Kier molecular flexibility index (Phi) is 4.79. The van der Waals surface area contributed by atoms with E-state index in [1.165, 1.54) is 19.1 Å². The predicted octanol–water partition coefficient (Wildman–Crippen LogP) is 2.23. The minimum absolute atomic E-state index is 0.0180. The summed E-state index contributed by atoms with van der Waals surface area (Å²) in [5.41, 5.74) is 0.541. The van der Waals surface area contributed by atoms with Crippen LogP contribution in [-0.4, -0.2) is 24.8 Å². The van der Waals surface area contributed by atoms with E-state index in [1.807, 2.05) is 0 Å². The van der Waals surface area contributed by atoms with Crippen LogP contribution in [0.15, 0.2) is 23.4 Å². The number of halogens is 2. The molecule has 0 aromatic heterocycles. The van der Waals surface area contributed by atoms with Crippen LogP contribution >= 0.6 is 0 Å². The number of benzene rings is 1. The maximum atomic E-state index is 13.9. The van der Waals surface area contributed by atoms with Crippen molar-refractivity contribution in [1.29, 1.82) is 0 Å². The third-order valence-corrected chi connectivity index (χ3v) is 3.21. The second kappa shape index (κ2) is 6.56. The Balaban J connectivity index is 2.34. The number of nitrogens with one attached hydrogen (secondary N) is 1. The monoisotopic (exact) mass is 282 g/mol. The average Bonchev–Trinajstić information content (AvgIpc) is 2.42. The van der Waals surface area contributed by atoms with Crippen LogP contribution in [0.1, 0.15) is 25.3 Å². The van der Waals surface area contributed by atoms with Gasteiger partial charge in [0.15, 0.2) is 0 Å². The molecule has 0 saturated carbocycles. The minimum atomic E-state index is -0.700. The molecule has 1 heterocycles. The molecule has 0 bridgehead atoms. The van der Waals surface area contributed by atoms with Crippen LogP contribution in [0, 0.1) is 17.6 Å². The first-order chi connectivity index (χ1) is 9.58. The van der Waals surface area contributed by atoms with Crippen molar-refractivity contribution < 1.29 is 18.4 Å². The van der Waals surface area contributed by atoms with Crippen LogP contribution in [0.3, 0.4) is 0 Å². The molecule has 4 nitrogen and oxygen atoms in total. The number of carbonyl (C=O) groups excluding carboxylic acids is 1. The quantitative estimate of drug-likeness (QED) is 0.525. The standard InChI is InChI=1S/C14H16F2N2O2/c1-9(19)20-18-14(10-4-6-17-7-5-10)12-3-2-11(15)8-13(12)16/h2-3,8,10,17H,4-7H2,1H3/b18-14-. The molecule has 108 valence electrons. The lowest BCUT2D eigenvalue weighted by atomic mass is 9.88. The van der Waals surface area contributed by atoms with E-state index in [1.54, 1.807) is 0 Å². The zero-order valence-corrected chi connectivity index (χ0v) is 11.2. The molecule has 1 aliphatic rings. The van der Waals surface area contributed by atoms with E-state index in [9.17, 15) is 13.6 Å². The third-order valence-electron chi connectivity index (χ3n) is 3.21. The van der Waals surface area contributed by atoms with Crippen LogP contribution in [0.2, 0.25) is 0 Å². The van der Waals surface area contributed by atoms with E-state index in [0.717, 1.165) is 32.0 Å². The molecule has 1 aromatic carbocycles. The van der Waals surface area contributed by atoms with Crippen LogP contribution in [0.25, 0.3) is 0 Å². The highest BCUT2D eigenvalue weighted by Gasteiger charge is 2.24. The van der Waals surface area contributed by atoms with Gasteiger partial charge in [-0.25, -0.2) is 13.6 Å². The molecule has 0 atom stereocenters. The van der Waals surface area contributed by atoms with Gasteiger partial charge in [-0.2, -0.15) is 0 Å². The fraction of sp³-hybridized carbons (Fsp3) is 0.429. The average molecular weight is 282 g/mol. The lowest BCUT2D eigenvalue weighted by Gasteiger charge is -2.24. The second-order valence-corrected chi connectivity index (χ2v) is 4.71. The Morgan fingerprint density at radius 2 is 2.05 bits per heavy atom. The molecular weight excluding hydrogens is 266 g/mol. The first-order valence-corrected chi connectivity index (χ1v) is 6.49.